The number of nitro benzene ring substituents is 1. The Kier molecular flexibility index (Phi) is 3.76. The minimum absolute atomic E-state index is 0.200. The molecule has 2 rings (SSSR count). The quantitative estimate of drug-likeness (QED) is 0.577. The van der Waals surface area contributed by atoms with Crippen LogP contribution in [0.5, 0.6) is 5.75 Å². The first-order chi connectivity index (χ1) is 8.56. The molecule has 6 heteroatoms. The number of hydrogen-bond donors (Lipinski definition) is 0. The summed E-state index contributed by atoms with van der Waals surface area (Å²) in [5, 5.41) is 10.6. The molecule has 18 heavy (non-hydrogen) atoms. The van der Waals surface area contributed by atoms with E-state index in [9.17, 15) is 14.5 Å². The van der Waals surface area contributed by atoms with Crippen molar-refractivity contribution in [2.75, 3.05) is 20.2 Å². The van der Waals surface area contributed by atoms with E-state index in [0.717, 1.165) is 18.7 Å². The van der Waals surface area contributed by atoms with Gasteiger partial charge in [-0.25, -0.2) is 4.39 Å². The Hall–Kier alpha value is -1.69. The Morgan fingerprint density at radius 2 is 2.22 bits per heavy atom. The maximum absolute atomic E-state index is 13.1. The molecule has 0 unspecified atom stereocenters. The van der Waals surface area contributed by atoms with Crippen LogP contribution in [0.4, 0.5) is 10.1 Å². The Morgan fingerprint density at radius 1 is 1.50 bits per heavy atom. The molecule has 1 aliphatic carbocycles. The SMILES string of the molecule is CN(CCOc1cc(F)cc([N+](=O)[O-])c1)C1CC1. The summed E-state index contributed by atoms with van der Waals surface area (Å²) in [4.78, 5) is 12.1. The molecule has 0 bridgehead atoms. The van der Waals surface area contributed by atoms with Crippen molar-refractivity contribution in [1.29, 1.82) is 0 Å². The number of non-ortho nitro benzene ring substituents is 1. The van der Waals surface area contributed by atoms with Crippen LogP contribution in [-0.2, 0) is 0 Å². The second-order valence-electron chi connectivity index (χ2n) is 4.46. The van der Waals surface area contributed by atoms with Gasteiger partial charge in [-0.1, -0.05) is 0 Å². The van der Waals surface area contributed by atoms with Gasteiger partial charge in [-0.3, -0.25) is 10.1 Å². The second kappa shape index (κ2) is 5.30. The molecule has 0 N–H and O–H groups in total. The van der Waals surface area contributed by atoms with Crippen molar-refractivity contribution >= 4 is 5.69 Å². The molecule has 5 nitrogen and oxygen atoms in total. The molecule has 0 aliphatic heterocycles. The molecule has 1 aliphatic rings. The van der Waals surface area contributed by atoms with Crippen LogP contribution in [0.1, 0.15) is 12.8 Å². The second-order valence-corrected chi connectivity index (χ2v) is 4.46. The summed E-state index contributed by atoms with van der Waals surface area (Å²) in [7, 11) is 2.01. The molecule has 0 spiro atoms. The molecule has 0 saturated heterocycles. The van der Waals surface area contributed by atoms with Gasteiger partial charge in [-0.15, -0.1) is 0 Å². The van der Waals surface area contributed by atoms with Gasteiger partial charge >= 0.3 is 0 Å². The molecule has 0 heterocycles. The third-order valence-electron chi connectivity index (χ3n) is 2.95. The highest BCUT2D eigenvalue weighted by Gasteiger charge is 2.25. The molecule has 1 saturated carbocycles. The predicted molar refractivity (Wildman–Crippen MR) is 64.2 cm³/mol. The van der Waals surface area contributed by atoms with Gasteiger partial charge in [0.1, 0.15) is 18.2 Å². The van der Waals surface area contributed by atoms with Crippen LogP contribution in [0.25, 0.3) is 0 Å². The summed E-state index contributed by atoms with van der Waals surface area (Å²) < 4.78 is 18.5. The van der Waals surface area contributed by atoms with Crippen LogP contribution in [0.2, 0.25) is 0 Å². The maximum Gasteiger partial charge on any atom is 0.276 e. The van der Waals surface area contributed by atoms with Gasteiger partial charge < -0.3 is 9.64 Å². The fraction of sp³-hybridized carbons (Fsp3) is 0.500. The van der Waals surface area contributed by atoms with E-state index < -0.39 is 10.7 Å². The average molecular weight is 254 g/mol. The van der Waals surface area contributed by atoms with Gasteiger partial charge in [0, 0.05) is 18.7 Å². The van der Waals surface area contributed by atoms with Crippen LogP contribution in [0.15, 0.2) is 18.2 Å². The Bertz CT molecular complexity index is 449. The zero-order valence-corrected chi connectivity index (χ0v) is 10.1. The van der Waals surface area contributed by atoms with Gasteiger partial charge in [-0.05, 0) is 19.9 Å². The normalized spacial score (nSPS) is 14.8. The third kappa shape index (κ3) is 3.40. The zero-order chi connectivity index (χ0) is 13.1. The lowest BCUT2D eigenvalue weighted by Crippen LogP contribution is -2.26. The predicted octanol–water partition coefficient (Wildman–Crippen LogP) is 2.21. The number of nitrogens with zero attached hydrogens (tertiary/aromatic N) is 2. The fourth-order valence-electron chi connectivity index (χ4n) is 1.74. The van der Waals surface area contributed by atoms with Crippen molar-refractivity contribution in [1.82, 2.24) is 4.90 Å². The molecule has 0 atom stereocenters. The fourth-order valence-corrected chi connectivity index (χ4v) is 1.74. The van der Waals surface area contributed by atoms with Crippen LogP contribution < -0.4 is 4.74 Å². The van der Waals surface area contributed by atoms with Crippen LogP contribution in [0, 0.1) is 15.9 Å². The van der Waals surface area contributed by atoms with Gasteiger partial charge in [0.15, 0.2) is 0 Å². The van der Waals surface area contributed by atoms with Gasteiger partial charge in [0.05, 0.1) is 17.1 Å². The van der Waals surface area contributed by atoms with E-state index >= 15 is 0 Å². The molecule has 1 aromatic carbocycles. The number of nitro groups is 1. The summed E-state index contributed by atoms with van der Waals surface area (Å²) >= 11 is 0. The van der Waals surface area contributed by atoms with Crippen LogP contribution >= 0.6 is 0 Å². The number of likely N-dealkylation sites (N-methyl/N-ethyl adjacent to an activating group) is 1. The standard InChI is InChI=1S/C12H15FN2O3/c1-14(10-2-3-10)4-5-18-12-7-9(13)6-11(8-12)15(16)17/h6-8,10H,2-5H2,1H3. The van der Waals surface area contributed by atoms with Gasteiger partial charge in [0.25, 0.3) is 5.69 Å². The average Bonchev–Trinajstić information content (AvgIpc) is 3.11. The maximum atomic E-state index is 13.1. The van der Waals surface area contributed by atoms with Gasteiger partial charge in [-0.2, -0.15) is 0 Å². The van der Waals surface area contributed by atoms with E-state index in [4.69, 9.17) is 4.74 Å². The summed E-state index contributed by atoms with van der Waals surface area (Å²) in [6, 6.07) is 3.91. The molecule has 0 radical (unpaired) electrons. The molecular weight excluding hydrogens is 239 g/mol. The number of halogens is 1. The Labute approximate surface area is 104 Å². The number of ether oxygens (including phenoxy) is 1. The van der Waals surface area contributed by atoms with E-state index in [2.05, 4.69) is 4.90 Å². The van der Waals surface area contributed by atoms with E-state index in [0.29, 0.717) is 12.6 Å². The first kappa shape index (κ1) is 12.8. The van der Waals surface area contributed by atoms with Crippen molar-refractivity contribution in [3.05, 3.63) is 34.1 Å². The van der Waals surface area contributed by atoms with Crippen LogP contribution in [-0.4, -0.2) is 36.1 Å². The van der Waals surface area contributed by atoms with Crippen molar-refractivity contribution < 1.29 is 14.1 Å². The first-order valence-electron chi connectivity index (χ1n) is 5.84. The minimum atomic E-state index is -0.658. The van der Waals surface area contributed by atoms with E-state index in [-0.39, 0.29) is 11.4 Å². The van der Waals surface area contributed by atoms with E-state index in [1.54, 1.807) is 0 Å². The van der Waals surface area contributed by atoms with E-state index in [1.165, 1.54) is 18.9 Å². The van der Waals surface area contributed by atoms with Crippen LogP contribution in [0.3, 0.4) is 0 Å². The number of benzene rings is 1. The third-order valence-corrected chi connectivity index (χ3v) is 2.95. The lowest BCUT2D eigenvalue weighted by molar-refractivity contribution is -0.385. The Balaban J connectivity index is 1.89. The van der Waals surface area contributed by atoms with Crippen molar-refractivity contribution in [2.24, 2.45) is 0 Å². The number of hydrogen-bond acceptors (Lipinski definition) is 4. The molecule has 0 amide bonds. The molecule has 1 fully saturated rings. The summed E-state index contributed by atoms with van der Waals surface area (Å²) in [5.74, 6) is -0.458. The molecular formula is C12H15FN2O3. The monoisotopic (exact) mass is 254 g/mol. The van der Waals surface area contributed by atoms with Crippen molar-refractivity contribution in [3.8, 4) is 5.75 Å². The zero-order valence-electron chi connectivity index (χ0n) is 10.1. The lowest BCUT2D eigenvalue weighted by Gasteiger charge is -2.15. The highest BCUT2D eigenvalue weighted by molar-refractivity contribution is 5.38. The van der Waals surface area contributed by atoms with Gasteiger partial charge in [0.2, 0.25) is 0 Å². The molecule has 1 aromatic rings. The summed E-state index contributed by atoms with van der Waals surface area (Å²) in [6.45, 7) is 1.13. The van der Waals surface area contributed by atoms with E-state index in [1.807, 2.05) is 7.05 Å². The highest BCUT2D eigenvalue weighted by Crippen LogP contribution is 2.25. The minimum Gasteiger partial charge on any atom is -0.492 e. The van der Waals surface area contributed by atoms with Crippen molar-refractivity contribution in [2.45, 2.75) is 18.9 Å². The Morgan fingerprint density at radius 3 is 2.83 bits per heavy atom. The topological polar surface area (TPSA) is 55.6 Å². The summed E-state index contributed by atoms with van der Waals surface area (Å²) in [6.07, 6.45) is 2.42. The first-order valence-corrected chi connectivity index (χ1v) is 5.84. The highest BCUT2D eigenvalue weighted by atomic mass is 19.1. The smallest absolute Gasteiger partial charge is 0.276 e. The van der Waals surface area contributed by atoms with Crippen molar-refractivity contribution in [3.63, 3.8) is 0 Å². The largest absolute Gasteiger partial charge is 0.492 e. The summed E-state index contributed by atoms with van der Waals surface area (Å²) in [5.41, 5.74) is -0.291. The molecule has 98 valence electrons. The number of rotatable bonds is 6. The lowest BCUT2D eigenvalue weighted by atomic mass is 10.3. The molecule has 0 aromatic heterocycles.